The Labute approximate surface area is 152 Å². The minimum atomic E-state index is -4.76. The average Bonchev–Trinajstić information content (AvgIpc) is 2.61. The molecule has 11 nitrogen and oxygen atoms in total. The molecule has 0 aliphatic heterocycles. The van der Waals surface area contributed by atoms with Gasteiger partial charge in [0.1, 0.15) is 5.69 Å². The van der Waals surface area contributed by atoms with Crippen molar-refractivity contribution < 1.29 is 22.2 Å². The fourth-order valence-corrected chi connectivity index (χ4v) is 2.40. The third-order valence-corrected chi connectivity index (χ3v) is 4.03. The lowest BCUT2D eigenvalue weighted by atomic mass is 10.2. The number of anilines is 2. The van der Waals surface area contributed by atoms with Crippen LogP contribution in [0.15, 0.2) is 52.5 Å². The quantitative estimate of drug-likeness (QED) is 0.298. The molecule has 2 rings (SSSR count). The third-order valence-electron chi connectivity index (χ3n) is 3.20. The molecule has 0 bridgehead atoms. The highest BCUT2D eigenvalue weighted by Gasteiger charge is 2.19. The molecule has 0 amide bonds. The van der Waals surface area contributed by atoms with E-state index < -0.39 is 36.3 Å². The number of nitrogens with zero attached hydrogens (tertiary/aromatic N) is 3. The van der Waals surface area contributed by atoms with Gasteiger partial charge >= 0.3 is 15.9 Å². The second-order valence-corrected chi connectivity index (χ2v) is 6.33. The van der Waals surface area contributed by atoms with E-state index in [1.54, 1.807) is 0 Å². The number of nitro benzene ring substituents is 2. The second kappa shape index (κ2) is 8.18. The summed E-state index contributed by atoms with van der Waals surface area (Å²) in [6.07, 6.45) is 1.32. The highest BCUT2D eigenvalue weighted by Crippen LogP contribution is 2.28. The Morgan fingerprint density at radius 3 is 2.30 bits per heavy atom. The van der Waals surface area contributed by atoms with E-state index in [0.717, 1.165) is 30.3 Å². The van der Waals surface area contributed by atoms with E-state index in [-0.39, 0.29) is 12.2 Å². The van der Waals surface area contributed by atoms with Crippen molar-refractivity contribution in [1.82, 2.24) is 0 Å². The highest BCUT2D eigenvalue weighted by molar-refractivity contribution is 7.86. The van der Waals surface area contributed by atoms with Gasteiger partial charge < -0.3 is 5.32 Å². The normalized spacial score (nSPS) is 11.3. The summed E-state index contributed by atoms with van der Waals surface area (Å²) in [4.78, 5) is 19.7. The SMILES string of the molecule is O=[N+]([O-])c1ccc(N/N=C\CNc2ccc(S(=O)(=O)F)cc2)c([N+](=O)[O-])c1. The Morgan fingerprint density at radius 1 is 1.07 bits per heavy atom. The van der Waals surface area contributed by atoms with Crippen molar-refractivity contribution in [3.8, 4) is 0 Å². The Bertz CT molecular complexity index is 994. The van der Waals surface area contributed by atoms with E-state index in [1.165, 1.54) is 18.3 Å². The second-order valence-electron chi connectivity index (χ2n) is 4.98. The standard InChI is InChI=1S/C14H12FN5O6S/c15-27(25,26)12-4-1-10(2-5-12)16-7-8-17-18-13-6-3-11(19(21)22)9-14(13)20(23)24/h1-6,8-9,16,18H,7H2/b17-8-. The van der Waals surface area contributed by atoms with Gasteiger partial charge in [0.25, 0.3) is 5.69 Å². The fraction of sp³-hybridized carbons (Fsp3) is 0.0714. The van der Waals surface area contributed by atoms with Crippen LogP contribution in [-0.4, -0.2) is 31.0 Å². The lowest BCUT2D eigenvalue weighted by molar-refractivity contribution is -0.393. The van der Waals surface area contributed by atoms with Crippen molar-refractivity contribution in [2.45, 2.75) is 4.90 Å². The maximum atomic E-state index is 12.8. The number of non-ortho nitro benzene ring substituents is 1. The molecule has 0 radical (unpaired) electrons. The smallest absolute Gasteiger partial charge is 0.332 e. The van der Waals surface area contributed by atoms with Crippen molar-refractivity contribution in [2.24, 2.45) is 5.10 Å². The van der Waals surface area contributed by atoms with Crippen LogP contribution in [0.1, 0.15) is 0 Å². The van der Waals surface area contributed by atoms with Crippen molar-refractivity contribution in [3.63, 3.8) is 0 Å². The molecule has 142 valence electrons. The largest absolute Gasteiger partial charge is 0.380 e. The van der Waals surface area contributed by atoms with Gasteiger partial charge in [0.05, 0.1) is 27.4 Å². The molecule has 0 saturated heterocycles. The van der Waals surface area contributed by atoms with Gasteiger partial charge in [-0.1, -0.05) is 0 Å². The summed E-state index contributed by atoms with van der Waals surface area (Å²) in [6, 6.07) is 7.97. The minimum absolute atomic E-state index is 0.0284. The van der Waals surface area contributed by atoms with Gasteiger partial charge in [-0.2, -0.15) is 13.5 Å². The molecule has 0 aromatic heterocycles. The van der Waals surface area contributed by atoms with Gasteiger partial charge in [0, 0.05) is 18.0 Å². The maximum absolute atomic E-state index is 12.8. The van der Waals surface area contributed by atoms with Crippen LogP contribution >= 0.6 is 0 Å². The molecule has 0 aliphatic rings. The summed E-state index contributed by atoms with van der Waals surface area (Å²) in [6.45, 7) is 0.162. The summed E-state index contributed by atoms with van der Waals surface area (Å²) < 4.78 is 34.2. The van der Waals surface area contributed by atoms with E-state index in [4.69, 9.17) is 0 Å². The topological polar surface area (TPSA) is 157 Å². The van der Waals surface area contributed by atoms with Crippen LogP contribution in [0.5, 0.6) is 0 Å². The van der Waals surface area contributed by atoms with Gasteiger partial charge in [0.15, 0.2) is 0 Å². The van der Waals surface area contributed by atoms with Crippen LogP contribution in [-0.2, 0) is 10.2 Å². The Hall–Kier alpha value is -3.61. The van der Waals surface area contributed by atoms with Gasteiger partial charge in [-0.25, -0.2) is 0 Å². The summed E-state index contributed by atoms with van der Waals surface area (Å²) in [5.74, 6) is 0. The number of nitro groups is 2. The van der Waals surface area contributed by atoms with Gasteiger partial charge in [-0.15, -0.1) is 3.89 Å². The minimum Gasteiger partial charge on any atom is -0.380 e. The molecule has 0 heterocycles. The first kappa shape index (κ1) is 19.7. The van der Waals surface area contributed by atoms with Gasteiger partial charge in [-0.3, -0.25) is 25.7 Å². The van der Waals surface area contributed by atoms with E-state index in [0.29, 0.717) is 5.69 Å². The molecule has 27 heavy (non-hydrogen) atoms. The first-order valence-corrected chi connectivity index (χ1v) is 8.56. The summed E-state index contributed by atoms with van der Waals surface area (Å²) in [7, 11) is -4.76. The zero-order chi connectivity index (χ0) is 20.0. The average molecular weight is 397 g/mol. The van der Waals surface area contributed by atoms with E-state index >= 15 is 0 Å². The number of hydrogen-bond acceptors (Lipinski definition) is 9. The number of halogens is 1. The lowest BCUT2D eigenvalue weighted by Gasteiger charge is -2.04. The number of hydrogen-bond donors (Lipinski definition) is 2. The van der Waals surface area contributed by atoms with Crippen LogP contribution in [0.3, 0.4) is 0 Å². The van der Waals surface area contributed by atoms with E-state index in [9.17, 15) is 32.5 Å². The molecule has 0 aliphatic carbocycles. The van der Waals surface area contributed by atoms with Crippen LogP contribution in [0.2, 0.25) is 0 Å². The molecule has 0 unspecified atom stereocenters. The van der Waals surface area contributed by atoms with E-state index in [2.05, 4.69) is 15.8 Å². The Balaban J connectivity index is 1.96. The van der Waals surface area contributed by atoms with Crippen LogP contribution < -0.4 is 10.7 Å². The fourth-order valence-electron chi connectivity index (χ4n) is 1.94. The highest BCUT2D eigenvalue weighted by atomic mass is 32.3. The molecule has 13 heteroatoms. The van der Waals surface area contributed by atoms with Crippen molar-refractivity contribution in [1.29, 1.82) is 0 Å². The molecule has 2 aromatic rings. The zero-order valence-electron chi connectivity index (χ0n) is 13.4. The Kier molecular flexibility index (Phi) is 5.97. The summed E-state index contributed by atoms with van der Waals surface area (Å²) in [5, 5.41) is 28.2. The predicted octanol–water partition coefficient (Wildman–Crippen LogP) is 2.67. The zero-order valence-corrected chi connectivity index (χ0v) is 14.2. The van der Waals surface area contributed by atoms with Crippen LogP contribution in [0.25, 0.3) is 0 Å². The predicted molar refractivity (Wildman–Crippen MR) is 95.1 cm³/mol. The van der Waals surface area contributed by atoms with Crippen LogP contribution in [0, 0.1) is 20.2 Å². The first-order chi connectivity index (χ1) is 12.7. The van der Waals surface area contributed by atoms with Gasteiger partial charge in [-0.05, 0) is 30.3 Å². The number of rotatable bonds is 8. The van der Waals surface area contributed by atoms with E-state index in [1.807, 2.05) is 0 Å². The Morgan fingerprint density at radius 2 is 1.74 bits per heavy atom. The third kappa shape index (κ3) is 5.43. The maximum Gasteiger partial charge on any atom is 0.332 e. The molecular formula is C14H12FN5O6S. The number of benzene rings is 2. The molecule has 2 aromatic carbocycles. The molecule has 0 fully saturated rings. The molecule has 0 saturated carbocycles. The van der Waals surface area contributed by atoms with Gasteiger partial charge in [0.2, 0.25) is 0 Å². The van der Waals surface area contributed by atoms with Crippen molar-refractivity contribution in [2.75, 3.05) is 17.3 Å². The monoisotopic (exact) mass is 397 g/mol. The van der Waals surface area contributed by atoms with Crippen LogP contribution in [0.4, 0.5) is 26.6 Å². The lowest BCUT2D eigenvalue weighted by Crippen LogP contribution is -2.05. The molecular weight excluding hydrogens is 385 g/mol. The number of nitrogens with one attached hydrogen (secondary N) is 2. The molecule has 0 spiro atoms. The van der Waals surface area contributed by atoms with Crippen molar-refractivity contribution >= 4 is 39.2 Å². The number of hydrazone groups is 1. The molecule has 2 N–H and O–H groups in total. The summed E-state index contributed by atoms with van der Waals surface area (Å²) >= 11 is 0. The molecule has 0 atom stereocenters. The first-order valence-electron chi connectivity index (χ1n) is 7.17. The summed E-state index contributed by atoms with van der Waals surface area (Å²) in [5.41, 5.74) is 1.96. The van der Waals surface area contributed by atoms with Crippen molar-refractivity contribution in [3.05, 3.63) is 62.7 Å².